The third-order valence-corrected chi connectivity index (χ3v) is 3.01. The van der Waals surface area contributed by atoms with Gasteiger partial charge in [0.2, 0.25) is 0 Å². The van der Waals surface area contributed by atoms with E-state index in [1.54, 1.807) is 12.1 Å². The third kappa shape index (κ3) is 3.43. The van der Waals surface area contributed by atoms with Gasteiger partial charge in [-0.05, 0) is 25.5 Å². The first-order valence-electron chi connectivity index (χ1n) is 5.98. The van der Waals surface area contributed by atoms with E-state index in [9.17, 15) is 9.90 Å². The second kappa shape index (κ2) is 5.82. The summed E-state index contributed by atoms with van der Waals surface area (Å²) in [6.45, 7) is 3.65. The summed E-state index contributed by atoms with van der Waals surface area (Å²) in [4.78, 5) is 18.0. The molecule has 0 fully saturated rings. The van der Waals surface area contributed by atoms with Crippen molar-refractivity contribution in [3.05, 3.63) is 23.9 Å². The average Bonchev–Trinajstić information content (AvgIpc) is 2.38. The molecule has 0 aliphatic carbocycles. The molecule has 1 aromatic rings. The first-order chi connectivity index (χ1) is 8.41. The van der Waals surface area contributed by atoms with Crippen molar-refractivity contribution in [1.82, 2.24) is 10.3 Å². The molecule has 2 N–H and O–H groups in total. The van der Waals surface area contributed by atoms with Crippen LogP contribution in [0.1, 0.15) is 30.6 Å². The Morgan fingerprint density at radius 1 is 1.50 bits per heavy atom. The summed E-state index contributed by atoms with van der Waals surface area (Å²) in [6, 6.07) is 3.52. The topological polar surface area (TPSA) is 65.5 Å². The number of nitrogens with zero attached hydrogens (tertiary/aromatic N) is 2. The molecule has 5 heteroatoms. The fourth-order valence-electron chi connectivity index (χ4n) is 1.37. The van der Waals surface area contributed by atoms with Crippen molar-refractivity contribution in [1.29, 1.82) is 0 Å². The van der Waals surface area contributed by atoms with Gasteiger partial charge in [0.1, 0.15) is 5.82 Å². The van der Waals surface area contributed by atoms with E-state index in [-0.39, 0.29) is 12.5 Å². The second-order valence-corrected chi connectivity index (χ2v) is 4.83. The van der Waals surface area contributed by atoms with Crippen LogP contribution in [0.3, 0.4) is 0 Å². The molecule has 1 atom stereocenters. The van der Waals surface area contributed by atoms with E-state index in [1.807, 2.05) is 32.8 Å². The summed E-state index contributed by atoms with van der Waals surface area (Å²) in [6.07, 6.45) is 2.20. The molecule has 5 nitrogen and oxygen atoms in total. The van der Waals surface area contributed by atoms with Gasteiger partial charge in [0.05, 0.1) is 17.7 Å². The Bertz CT molecular complexity index is 397. The first kappa shape index (κ1) is 14.4. The quantitative estimate of drug-likeness (QED) is 0.820. The summed E-state index contributed by atoms with van der Waals surface area (Å²) >= 11 is 0. The van der Waals surface area contributed by atoms with Crippen LogP contribution in [0.15, 0.2) is 18.3 Å². The summed E-state index contributed by atoms with van der Waals surface area (Å²) in [5, 5.41) is 12.1. The molecule has 1 amide bonds. The van der Waals surface area contributed by atoms with E-state index in [0.717, 1.165) is 5.82 Å². The summed E-state index contributed by atoms with van der Waals surface area (Å²) in [5.41, 5.74) is -0.0918. The number of carbonyl (C=O) groups is 1. The van der Waals surface area contributed by atoms with Crippen molar-refractivity contribution < 1.29 is 9.90 Å². The minimum absolute atomic E-state index is 0.0849. The molecule has 1 aromatic heterocycles. The predicted molar refractivity (Wildman–Crippen MR) is 71.8 cm³/mol. The van der Waals surface area contributed by atoms with Gasteiger partial charge in [-0.1, -0.05) is 6.92 Å². The predicted octanol–water partition coefficient (Wildman–Crippen LogP) is 1.04. The highest BCUT2D eigenvalue weighted by atomic mass is 16.3. The maximum atomic E-state index is 12.0. The number of rotatable bonds is 5. The van der Waals surface area contributed by atoms with Crippen LogP contribution in [-0.4, -0.2) is 42.2 Å². The summed E-state index contributed by atoms with van der Waals surface area (Å²) in [7, 11) is 3.78. The molecule has 0 saturated carbocycles. The monoisotopic (exact) mass is 251 g/mol. The SMILES string of the molecule is CCC(C)(CO)NC(=O)c1ccc(N(C)C)nc1. The van der Waals surface area contributed by atoms with Gasteiger partial charge >= 0.3 is 0 Å². The van der Waals surface area contributed by atoms with Crippen LogP contribution in [0.2, 0.25) is 0 Å². The highest BCUT2D eigenvalue weighted by Crippen LogP contribution is 2.11. The maximum absolute atomic E-state index is 12.0. The van der Waals surface area contributed by atoms with Gasteiger partial charge in [0.25, 0.3) is 5.91 Å². The summed E-state index contributed by atoms with van der Waals surface area (Å²) in [5.74, 6) is 0.582. The Labute approximate surface area is 108 Å². The van der Waals surface area contributed by atoms with Gasteiger partial charge in [-0.2, -0.15) is 0 Å². The second-order valence-electron chi connectivity index (χ2n) is 4.83. The summed E-state index contributed by atoms with van der Waals surface area (Å²) < 4.78 is 0. The highest BCUT2D eigenvalue weighted by Gasteiger charge is 2.23. The van der Waals surface area contributed by atoms with Crippen molar-refractivity contribution in [2.45, 2.75) is 25.8 Å². The zero-order valence-corrected chi connectivity index (χ0v) is 11.4. The van der Waals surface area contributed by atoms with Crippen molar-refractivity contribution in [3.63, 3.8) is 0 Å². The number of hydrogen-bond acceptors (Lipinski definition) is 4. The fraction of sp³-hybridized carbons (Fsp3) is 0.538. The lowest BCUT2D eigenvalue weighted by atomic mass is 10.00. The Kier molecular flexibility index (Phi) is 4.67. The lowest BCUT2D eigenvalue weighted by molar-refractivity contribution is 0.0847. The van der Waals surface area contributed by atoms with E-state index >= 15 is 0 Å². The van der Waals surface area contributed by atoms with E-state index in [1.165, 1.54) is 6.20 Å². The largest absolute Gasteiger partial charge is 0.394 e. The van der Waals surface area contributed by atoms with Crippen LogP contribution in [-0.2, 0) is 0 Å². The zero-order valence-electron chi connectivity index (χ0n) is 11.4. The van der Waals surface area contributed by atoms with Crippen LogP contribution in [0, 0.1) is 0 Å². The average molecular weight is 251 g/mol. The smallest absolute Gasteiger partial charge is 0.253 e. The molecule has 100 valence electrons. The first-order valence-corrected chi connectivity index (χ1v) is 5.98. The number of hydrogen-bond donors (Lipinski definition) is 2. The van der Waals surface area contributed by atoms with Crippen LogP contribution in [0.4, 0.5) is 5.82 Å². The molecule has 0 saturated heterocycles. The number of aliphatic hydroxyl groups excluding tert-OH is 1. The van der Waals surface area contributed by atoms with Crippen molar-refractivity contribution in [2.75, 3.05) is 25.6 Å². The molecule has 18 heavy (non-hydrogen) atoms. The molecular weight excluding hydrogens is 230 g/mol. The van der Waals surface area contributed by atoms with Crippen molar-refractivity contribution in [3.8, 4) is 0 Å². The molecule has 1 unspecified atom stereocenters. The van der Waals surface area contributed by atoms with Crippen molar-refractivity contribution >= 4 is 11.7 Å². The van der Waals surface area contributed by atoms with Gasteiger partial charge in [-0.15, -0.1) is 0 Å². The van der Waals surface area contributed by atoms with Crippen molar-refractivity contribution in [2.24, 2.45) is 0 Å². The molecule has 0 aliphatic heterocycles. The number of amides is 1. The molecule has 1 heterocycles. The standard InChI is InChI=1S/C13H21N3O2/c1-5-13(2,9-17)15-12(18)10-6-7-11(14-8-10)16(3)4/h6-8,17H,5,9H2,1-4H3,(H,15,18). The Hall–Kier alpha value is -1.62. The van der Waals surface area contributed by atoms with Crippen LogP contribution >= 0.6 is 0 Å². The van der Waals surface area contributed by atoms with Gasteiger partial charge in [0.15, 0.2) is 0 Å². The van der Waals surface area contributed by atoms with Gasteiger partial charge in [0, 0.05) is 20.3 Å². The highest BCUT2D eigenvalue weighted by molar-refractivity contribution is 5.94. The maximum Gasteiger partial charge on any atom is 0.253 e. The number of anilines is 1. The molecule has 0 bridgehead atoms. The van der Waals surface area contributed by atoms with E-state index in [0.29, 0.717) is 12.0 Å². The number of nitrogens with one attached hydrogen (secondary N) is 1. The normalized spacial score (nSPS) is 13.8. The van der Waals surface area contributed by atoms with Crippen LogP contribution in [0.5, 0.6) is 0 Å². The third-order valence-electron chi connectivity index (χ3n) is 3.01. The molecule has 0 radical (unpaired) electrons. The molecule has 1 rings (SSSR count). The van der Waals surface area contributed by atoms with E-state index < -0.39 is 5.54 Å². The molecule has 0 spiro atoms. The van der Waals surface area contributed by atoms with Gasteiger partial charge in [-0.3, -0.25) is 4.79 Å². The fourth-order valence-corrected chi connectivity index (χ4v) is 1.37. The number of aliphatic hydroxyl groups is 1. The van der Waals surface area contributed by atoms with Gasteiger partial charge < -0.3 is 15.3 Å². The van der Waals surface area contributed by atoms with Crippen LogP contribution in [0.25, 0.3) is 0 Å². The minimum Gasteiger partial charge on any atom is -0.394 e. The minimum atomic E-state index is -0.586. The van der Waals surface area contributed by atoms with E-state index in [4.69, 9.17) is 0 Å². The Morgan fingerprint density at radius 3 is 2.56 bits per heavy atom. The molecule has 0 aliphatic rings. The lowest BCUT2D eigenvalue weighted by Gasteiger charge is -2.27. The van der Waals surface area contributed by atoms with Crippen LogP contribution < -0.4 is 10.2 Å². The molecule has 0 aromatic carbocycles. The molecular formula is C13H21N3O2. The number of pyridine rings is 1. The number of carbonyl (C=O) groups excluding carboxylic acids is 1. The number of aromatic nitrogens is 1. The van der Waals surface area contributed by atoms with E-state index in [2.05, 4.69) is 10.3 Å². The van der Waals surface area contributed by atoms with Gasteiger partial charge in [-0.25, -0.2) is 4.98 Å². The lowest BCUT2D eigenvalue weighted by Crippen LogP contribution is -2.48. The zero-order chi connectivity index (χ0) is 13.8. The Morgan fingerprint density at radius 2 is 2.17 bits per heavy atom. The Balaban J connectivity index is 2.79.